The average molecular weight is 344 g/mol. The fourth-order valence-corrected chi connectivity index (χ4v) is 2.83. The smallest absolute Gasteiger partial charge is 0.351 e. The summed E-state index contributed by atoms with van der Waals surface area (Å²) in [6.45, 7) is -0.0150. The number of carbonyl (C=O) groups excluding carboxylic acids is 1. The molecule has 0 saturated carbocycles. The molecule has 3 aromatic rings. The summed E-state index contributed by atoms with van der Waals surface area (Å²) in [4.78, 5) is 17.2. The van der Waals surface area contributed by atoms with Crippen LogP contribution in [0.4, 0.5) is 0 Å². The lowest BCUT2D eigenvalue weighted by molar-refractivity contribution is -0.156. The highest BCUT2D eigenvalue weighted by Crippen LogP contribution is 2.31. The Balaban J connectivity index is 1.36. The van der Waals surface area contributed by atoms with Gasteiger partial charge in [0.2, 0.25) is 11.9 Å². The summed E-state index contributed by atoms with van der Waals surface area (Å²) in [7, 11) is 0. The van der Waals surface area contributed by atoms with E-state index in [0.29, 0.717) is 17.3 Å². The molecule has 0 fully saturated rings. The van der Waals surface area contributed by atoms with Gasteiger partial charge in [-0.05, 0) is 23.6 Å². The third kappa shape index (κ3) is 2.95. The van der Waals surface area contributed by atoms with Crippen molar-refractivity contribution >= 4 is 17.3 Å². The van der Waals surface area contributed by atoms with Crippen molar-refractivity contribution in [1.29, 1.82) is 0 Å². The van der Waals surface area contributed by atoms with Crippen molar-refractivity contribution in [2.75, 3.05) is 6.61 Å². The predicted molar refractivity (Wildman–Crippen MR) is 83.8 cm³/mol. The van der Waals surface area contributed by atoms with Gasteiger partial charge in [-0.3, -0.25) is 0 Å². The molecule has 1 aliphatic rings. The van der Waals surface area contributed by atoms with Crippen LogP contribution in [0, 0.1) is 0 Å². The largest absolute Gasteiger partial charge is 0.485 e. The van der Waals surface area contributed by atoms with Gasteiger partial charge in [0.1, 0.15) is 6.61 Å². The zero-order valence-electron chi connectivity index (χ0n) is 12.4. The van der Waals surface area contributed by atoms with Gasteiger partial charge in [-0.15, -0.1) is 11.3 Å². The summed E-state index contributed by atoms with van der Waals surface area (Å²) in [6.07, 6.45) is -0.820. The maximum atomic E-state index is 12.1. The van der Waals surface area contributed by atoms with Crippen molar-refractivity contribution in [3.05, 3.63) is 47.7 Å². The van der Waals surface area contributed by atoms with Crippen LogP contribution in [0.25, 0.3) is 10.7 Å². The van der Waals surface area contributed by atoms with Crippen LogP contribution in [0.2, 0.25) is 0 Å². The number of thiophene rings is 1. The zero-order chi connectivity index (χ0) is 16.4. The van der Waals surface area contributed by atoms with E-state index in [1.54, 1.807) is 18.2 Å². The molecule has 8 heteroatoms. The highest BCUT2D eigenvalue weighted by molar-refractivity contribution is 7.13. The molecule has 24 heavy (non-hydrogen) atoms. The monoisotopic (exact) mass is 344 g/mol. The Morgan fingerprint density at radius 2 is 2.12 bits per heavy atom. The second-order valence-corrected chi connectivity index (χ2v) is 5.91. The minimum atomic E-state index is -0.820. The minimum absolute atomic E-state index is 0.0973. The van der Waals surface area contributed by atoms with E-state index in [1.807, 2.05) is 23.6 Å². The molecule has 7 nitrogen and oxygen atoms in total. The number of hydrogen-bond donors (Lipinski definition) is 0. The molecule has 4 rings (SSSR count). The van der Waals surface area contributed by atoms with Gasteiger partial charge < -0.3 is 18.7 Å². The lowest BCUT2D eigenvalue weighted by Crippen LogP contribution is -2.37. The molecule has 0 bridgehead atoms. The van der Waals surface area contributed by atoms with Crippen LogP contribution < -0.4 is 9.47 Å². The second-order valence-electron chi connectivity index (χ2n) is 4.96. The number of aromatic nitrogens is 2. The normalized spacial score (nSPS) is 15.9. The van der Waals surface area contributed by atoms with E-state index in [0.717, 1.165) is 4.88 Å². The molecule has 2 aromatic heterocycles. The summed E-state index contributed by atoms with van der Waals surface area (Å²) in [6, 6.07) is 10.9. The van der Waals surface area contributed by atoms with E-state index in [1.165, 1.54) is 11.3 Å². The van der Waals surface area contributed by atoms with Gasteiger partial charge in [-0.1, -0.05) is 23.4 Å². The molecule has 122 valence electrons. The first kappa shape index (κ1) is 14.7. The summed E-state index contributed by atoms with van der Waals surface area (Å²) < 4.78 is 21.3. The maximum absolute atomic E-state index is 12.1. The first-order chi connectivity index (χ1) is 11.8. The molecule has 0 spiro atoms. The van der Waals surface area contributed by atoms with E-state index in [4.69, 9.17) is 18.7 Å². The Hall–Kier alpha value is -2.87. The van der Waals surface area contributed by atoms with Crippen molar-refractivity contribution in [2.45, 2.75) is 12.7 Å². The molecule has 0 N–H and O–H groups in total. The predicted octanol–water partition coefficient (Wildman–Crippen LogP) is 2.68. The number of esters is 1. The molecule has 1 aromatic carbocycles. The number of carbonyl (C=O) groups is 1. The SMILES string of the molecule is O=C(OCc1nc(-c2cccs2)no1)[C@H]1COc2ccccc2O1. The summed E-state index contributed by atoms with van der Waals surface area (Å²) in [5.74, 6) is 1.29. The highest BCUT2D eigenvalue weighted by atomic mass is 32.1. The molecular formula is C16H12N2O5S. The van der Waals surface area contributed by atoms with E-state index >= 15 is 0 Å². The van der Waals surface area contributed by atoms with Gasteiger partial charge in [0.05, 0.1) is 4.88 Å². The molecule has 0 amide bonds. The maximum Gasteiger partial charge on any atom is 0.351 e. The summed E-state index contributed by atoms with van der Waals surface area (Å²) >= 11 is 1.50. The van der Waals surface area contributed by atoms with Crippen molar-refractivity contribution < 1.29 is 23.5 Å². The van der Waals surface area contributed by atoms with E-state index < -0.39 is 12.1 Å². The number of nitrogens with zero attached hydrogens (tertiary/aromatic N) is 2. The fraction of sp³-hybridized carbons (Fsp3) is 0.188. The molecule has 1 aliphatic heterocycles. The molecule has 0 saturated heterocycles. The van der Waals surface area contributed by atoms with Gasteiger partial charge >= 0.3 is 5.97 Å². The zero-order valence-corrected chi connectivity index (χ0v) is 13.2. The standard InChI is InChI=1S/C16H12N2O5S/c19-16(12-8-20-10-4-1-2-5-11(10)22-12)21-9-14-17-15(18-23-14)13-6-3-7-24-13/h1-7,12H,8-9H2/t12-/m1/s1. The first-order valence-electron chi connectivity index (χ1n) is 7.21. The topological polar surface area (TPSA) is 83.7 Å². The number of rotatable bonds is 4. The van der Waals surface area contributed by atoms with Gasteiger partial charge in [-0.2, -0.15) is 4.98 Å². The third-order valence-electron chi connectivity index (χ3n) is 3.32. The first-order valence-corrected chi connectivity index (χ1v) is 8.09. The van der Waals surface area contributed by atoms with Crippen LogP contribution in [0.1, 0.15) is 5.89 Å². The number of ether oxygens (including phenoxy) is 3. The Morgan fingerprint density at radius 1 is 1.25 bits per heavy atom. The van der Waals surface area contributed by atoms with E-state index in [-0.39, 0.29) is 19.1 Å². The average Bonchev–Trinajstić information content (AvgIpc) is 3.30. The van der Waals surface area contributed by atoms with Crippen molar-refractivity contribution in [3.63, 3.8) is 0 Å². The van der Waals surface area contributed by atoms with Gasteiger partial charge in [-0.25, -0.2) is 4.79 Å². The lowest BCUT2D eigenvalue weighted by atomic mass is 10.2. The molecule has 0 unspecified atom stereocenters. The van der Waals surface area contributed by atoms with Crippen LogP contribution in [-0.2, 0) is 16.1 Å². The van der Waals surface area contributed by atoms with Gasteiger partial charge in [0.25, 0.3) is 5.89 Å². The summed E-state index contributed by atoms with van der Waals surface area (Å²) in [5, 5.41) is 5.78. The Bertz CT molecular complexity index is 846. The Kier molecular flexibility index (Phi) is 3.87. The van der Waals surface area contributed by atoms with Crippen LogP contribution >= 0.6 is 11.3 Å². The minimum Gasteiger partial charge on any atom is -0.485 e. The quantitative estimate of drug-likeness (QED) is 0.673. The molecule has 3 heterocycles. The highest BCUT2D eigenvalue weighted by Gasteiger charge is 2.29. The van der Waals surface area contributed by atoms with E-state index in [2.05, 4.69) is 10.1 Å². The van der Waals surface area contributed by atoms with Gasteiger partial charge in [0.15, 0.2) is 18.1 Å². The van der Waals surface area contributed by atoms with E-state index in [9.17, 15) is 4.79 Å². The van der Waals surface area contributed by atoms with Crippen molar-refractivity contribution in [2.24, 2.45) is 0 Å². The van der Waals surface area contributed by atoms with Crippen LogP contribution in [0.3, 0.4) is 0 Å². The number of para-hydroxylation sites is 2. The molecule has 1 atom stereocenters. The van der Waals surface area contributed by atoms with Crippen LogP contribution in [0.5, 0.6) is 11.5 Å². The Morgan fingerprint density at radius 3 is 2.96 bits per heavy atom. The Labute approximate surface area is 140 Å². The molecule has 0 aliphatic carbocycles. The van der Waals surface area contributed by atoms with Crippen molar-refractivity contribution in [3.8, 4) is 22.2 Å². The van der Waals surface area contributed by atoms with Crippen molar-refractivity contribution in [1.82, 2.24) is 10.1 Å². The van der Waals surface area contributed by atoms with Crippen LogP contribution in [-0.4, -0.2) is 28.8 Å². The number of benzene rings is 1. The fourth-order valence-electron chi connectivity index (χ4n) is 2.18. The van der Waals surface area contributed by atoms with Crippen LogP contribution in [0.15, 0.2) is 46.3 Å². The number of hydrogen-bond acceptors (Lipinski definition) is 8. The third-order valence-corrected chi connectivity index (χ3v) is 4.18. The molecule has 0 radical (unpaired) electrons. The number of fused-ring (bicyclic) bond motifs is 1. The summed E-state index contributed by atoms with van der Waals surface area (Å²) in [5.41, 5.74) is 0. The van der Waals surface area contributed by atoms with Gasteiger partial charge in [0, 0.05) is 0 Å². The second kappa shape index (κ2) is 6.32. The lowest BCUT2D eigenvalue weighted by Gasteiger charge is -2.24. The molecular weight excluding hydrogens is 332 g/mol.